The fourth-order valence-corrected chi connectivity index (χ4v) is 3.78. The highest BCUT2D eigenvalue weighted by atomic mass is 16.5. The summed E-state index contributed by atoms with van der Waals surface area (Å²) in [5, 5.41) is 0. The van der Waals surface area contributed by atoms with Crippen LogP contribution in [0.2, 0.25) is 0 Å². The van der Waals surface area contributed by atoms with Crippen LogP contribution in [0.4, 0.5) is 0 Å². The summed E-state index contributed by atoms with van der Waals surface area (Å²) >= 11 is 0. The predicted molar refractivity (Wildman–Crippen MR) is 112 cm³/mol. The average molecular weight is 396 g/mol. The number of carbonyl (C=O) groups is 2. The molecule has 0 spiro atoms. The highest BCUT2D eigenvalue weighted by Gasteiger charge is 2.46. The van der Waals surface area contributed by atoms with Gasteiger partial charge in [-0.05, 0) is 22.8 Å². The normalized spacial score (nSPS) is 19.3. The lowest BCUT2D eigenvalue weighted by atomic mass is 9.89. The third-order valence-corrected chi connectivity index (χ3v) is 5.20. The van der Waals surface area contributed by atoms with Crippen molar-refractivity contribution in [2.45, 2.75) is 25.9 Å². The molecule has 1 aliphatic rings. The van der Waals surface area contributed by atoms with E-state index in [9.17, 15) is 9.59 Å². The Kier molecular flexibility index (Phi) is 6.33. The largest absolute Gasteiger partial charge is 0.361 e. The number of ether oxygens (including phenoxy) is 1. The molecule has 1 fully saturated rings. The first-order valence-electron chi connectivity index (χ1n) is 9.96. The van der Waals surface area contributed by atoms with Crippen LogP contribution >= 0.6 is 0 Å². The smallest absolute Gasteiger partial charge is 0.256 e. The molecule has 1 aromatic heterocycles. The van der Waals surface area contributed by atoms with Gasteiger partial charge in [0.25, 0.3) is 5.91 Å². The molecule has 0 aliphatic carbocycles. The topological polar surface area (TPSA) is 62.7 Å². The molecule has 0 N–H and O–H groups in total. The van der Waals surface area contributed by atoms with E-state index in [0.717, 1.165) is 16.7 Å². The zero-order valence-electron chi connectivity index (χ0n) is 17.6. The van der Waals surface area contributed by atoms with Gasteiger partial charge in [0.15, 0.2) is 5.60 Å². The maximum atomic E-state index is 13.2. The van der Waals surface area contributed by atoms with Gasteiger partial charge in [0.1, 0.15) is 0 Å². The summed E-state index contributed by atoms with van der Waals surface area (Å²) in [6.07, 6.45) is 3.97. The fourth-order valence-electron chi connectivity index (χ4n) is 3.78. The highest BCUT2D eigenvalue weighted by molar-refractivity contribution is 5.87. The van der Waals surface area contributed by atoms with Gasteiger partial charge >= 0.3 is 0 Å². The summed E-state index contributed by atoms with van der Waals surface area (Å²) in [5.74, 6) is -0.187. The number of hydrogen-bond donors (Lipinski definition) is 0. The number of likely N-dealkylation sites (N-methyl/N-ethyl adjacent to an activating group) is 1. The van der Waals surface area contributed by atoms with Crippen LogP contribution in [0.25, 0.3) is 11.1 Å². The Morgan fingerprint density at radius 1 is 1.21 bits per heavy atom. The van der Waals surface area contributed by atoms with E-state index in [1.54, 1.807) is 30.1 Å². The Hall–Kier alpha value is -2.73. The summed E-state index contributed by atoms with van der Waals surface area (Å²) in [5.41, 5.74) is 1.96. The molecule has 1 aliphatic heterocycles. The third-order valence-electron chi connectivity index (χ3n) is 5.20. The van der Waals surface area contributed by atoms with Crippen LogP contribution in [0.1, 0.15) is 19.4 Å². The number of nitrogens with zero attached hydrogens (tertiary/aromatic N) is 3. The van der Waals surface area contributed by atoms with Crippen LogP contribution in [-0.4, -0.2) is 66.0 Å². The lowest BCUT2D eigenvalue weighted by molar-refractivity contribution is -0.173. The lowest BCUT2D eigenvalue weighted by Gasteiger charge is -2.43. The van der Waals surface area contributed by atoms with E-state index in [2.05, 4.69) is 11.1 Å². The van der Waals surface area contributed by atoms with E-state index in [4.69, 9.17) is 4.74 Å². The van der Waals surface area contributed by atoms with Crippen molar-refractivity contribution in [1.29, 1.82) is 0 Å². The van der Waals surface area contributed by atoms with Crippen LogP contribution < -0.4 is 0 Å². The van der Waals surface area contributed by atoms with Gasteiger partial charge in [0.05, 0.1) is 13.2 Å². The van der Waals surface area contributed by atoms with E-state index < -0.39 is 5.60 Å². The van der Waals surface area contributed by atoms with Gasteiger partial charge in [-0.25, -0.2) is 0 Å². The van der Waals surface area contributed by atoms with Crippen LogP contribution in [0, 0.1) is 5.92 Å². The summed E-state index contributed by atoms with van der Waals surface area (Å²) in [6.45, 7) is 4.88. The van der Waals surface area contributed by atoms with E-state index in [-0.39, 0.29) is 24.3 Å². The highest BCUT2D eigenvalue weighted by Crippen LogP contribution is 2.28. The average Bonchev–Trinajstić information content (AvgIpc) is 2.73. The molecule has 2 amide bonds. The molecule has 0 saturated carbocycles. The van der Waals surface area contributed by atoms with Crippen molar-refractivity contribution in [3.63, 3.8) is 0 Å². The number of rotatable bonds is 5. The van der Waals surface area contributed by atoms with E-state index >= 15 is 0 Å². The Morgan fingerprint density at radius 2 is 1.97 bits per heavy atom. The van der Waals surface area contributed by atoms with Crippen molar-refractivity contribution in [3.05, 3.63) is 54.4 Å². The molecule has 0 unspecified atom stereocenters. The van der Waals surface area contributed by atoms with Gasteiger partial charge in [0.2, 0.25) is 5.91 Å². The Bertz CT molecular complexity index is 867. The Labute approximate surface area is 172 Å². The second kappa shape index (κ2) is 8.74. The first-order chi connectivity index (χ1) is 13.8. The first-order valence-corrected chi connectivity index (χ1v) is 9.96. The van der Waals surface area contributed by atoms with Gasteiger partial charge in [-0.1, -0.05) is 44.2 Å². The number of benzene rings is 1. The molecule has 1 saturated heterocycles. The minimum absolute atomic E-state index is 0.0494. The molecule has 3 rings (SSSR count). The van der Waals surface area contributed by atoms with Gasteiger partial charge in [-0.3, -0.25) is 14.6 Å². The number of pyridine rings is 1. The summed E-state index contributed by atoms with van der Waals surface area (Å²) in [7, 11) is 3.45. The van der Waals surface area contributed by atoms with Crippen molar-refractivity contribution in [3.8, 4) is 11.1 Å². The standard InChI is InChI=1S/C23H29N3O3/c1-17(2)21(27)26-11-12-29-23(16-26,22(28)25(3)4)14-18-7-5-8-19(13-18)20-9-6-10-24-15-20/h5-10,13,15,17H,11-12,14,16H2,1-4H3/t23-/m1/s1. The number of amides is 2. The number of hydrogen-bond acceptors (Lipinski definition) is 4. The Morgan fingerprint density at radius 3 is 2.62 bits per heavy atom. The summed E-state index contributed by atoms with van der Waals surface area (Å²) in [6, 6.07) is 12.0. The summed E-state index contributed by atoms with van der Waals surface area (Å²) < 4.78 is 6.10. The minimum Gasteiger partial charge on any atom is -0.361 e. The minimum atomic E-state index is -1.08. The van der Waals surface area contributed by atoms with Crippen molar-refractivity contribution in [1.82, 2.24) is 14.8 Å². The SMILES string of the molecule is CC(C)C(=O)N1CCO[C@@](Cc2cccc(-c3cccnc3)c2)(C(=O)N(C)C)C1. The second-order valence-corrected chi connectivity index (χ2v) is 8.08. The Balaban J connectivity index is 1.93. The van der Waals surface area contributed by atoms with Gasteiger partial charge in [-0.2, -0.15) is 0 Å². The first kappa shape index (κ1) is 21.0. The zero-order valence-corrected chi connectivity index (χ0v) is 17.6. The van der Waals surface area contributed by atoms with Crippen molar-refractivity contribution < 1.29 is 14.3 Å². The van der Waals surface area contributed by atoms with Gasteiger partial charge in [0, 0.05) is 45.4 Å². The molecule has 29 heavy (non-hydrogen) atoms. The molecule has 0 radical (unpaired) electrons. The number of carbonyl (C=O) groups excluding carboxylic acids is 2. The van der Waals surface area contributed by atoms with Crippen LogP contribution in [-0.2, 0) is 20.7 Å². The van der Waals surface area contributed by atoms with Gasteiger partial charge < -0.3 is 14.5 Å². The van der Waals surface area contributed by atoms with E-state index in [0.29, 0.717) is 19.6 Å². The van der Waals surface area contributed by atoms with Crippen molar-refractivity contribution >= 4 is 11.8 Å². The van der Waals surface area contributed by atoms with Crippen LogP contribution in [0.5, 0.6) is 0 Å². The zero-order chi connectivity index (χ0) is 21.0. The summed E-state index contributed by atoms with van der Waals surface area (Å²) in [4.78, 5) is 33.3. The molecule has 154 valence electrons. The molecular formula is C23H29N3O3. The molecule has 1 aromatic carbocycles. The molecule has 2 heterocycles. The van der Waals surface area contributed by atoms with Crippen molar-refractivity contribution in [2.75, 3.05) is 33.8 Å². The number of morpholine rings is 1. The third kappa shape index (κ3) is 4.65. The molecule has 0 bridgehead atoms. The number of aromatic nitrogens is 1. The maximum absolute atomic E-state index is 13.2. The fraction of sp³-hybridized carbons (Fsp3) is 0.435. The molecule has 6 heteroatoms. The van der Waals surface area contributed by atoms with E-state index in [1.807, 2.05) is 50.4 Å². The monoisotopic (exact) mass is 395 g/mol. The molecule has 2 aromatic rings. The van der Waals surface area contributed by atoms with Crippen LogP contribution in [0.3, 0.4) is 0 Å². The molecule has 6 nitrogen and oxygen atoms in total. The van der Waals surface area contributed by atoms with Crippen LogP contribution in [0.15, 0.2) is 48.8 Å². The molecule has 1 atom stereocenters. The second-order valence-electron chi connectivity index (χ2n) is 8.08. The van der Waals surface area contributed by atoms with Gasteiger partial charge in [-0.15, -0.1) is 0 Å². The molecular weight excluding hydrogens is 366 g/mol. The van der Waals surface area contributed by atoms with E-state index in [1.165, 1.54) is 0 Å². The maximum Gasteiger partial charge on any atom is 0.256 e. The predicted octanol–water partition coefficient (Wildman–Crippen LogP) is 2.63. The quantitative estimate of drug-likeness (QED) is 0.781. The lowest BCUT2D eigenvalue weighted by Crippen LogP contribution is -2.62. The van der Waals surface area contributed by atoms with Crippen molar-refractivity contribution in [2.24, 2.45) is 5.92 Å².